The van der Waals surface area contributed by atoms with Gasteiger partial charge >= 0.3 is 0 Å². The van der Waals surface area contributed by atoms with Crippen LogP contribution in [0.3, 0.4) is 0 Å². The van der Waals surface area contributed by atoms with Gasteiger partial charge in [0, 0.05) is 12.1 Å². The van der Waals surface area contributed by atoms with Gasteiger partial charge in [-0.25, -0.2) is 0 Å². The van der Waals surface area contributed by atoms with Crippen LogP contribution in [0.5, 0.6) is 5.75 Å². The van der Waals surface area contributed by atoms with E-state index in [4.69, 9.17) is 4.74 Å². The van der Waals surface area contributed by atoms with Crippen LogP contribution in [0.2, 0.25) is 0 Å². The van der Waals surface area contributed by atoms with Crippen LogP contribution in [0, 0.1) is 5.92 Å². The van der Waals surface area contributed by atoms with Gasteiger partial charge in [-0.3, -0.25) is 4.79 Å². The third kappa shape index (κ3) is 2.80. The molecule has 108 valence electrons. The van der Waals surface area contributed by atoms with Crippen LogP contribution in [0.25, 0.3) is 0 Å². The molecule has 2 aliphatic rings. The Morgan fingerprint density at radius 3 is 3.00 bits per heavy atom. The van der Waals surface area contributed by atoms with Crippen molar-refractivity contribution in [1.29, 1.82) is 0 Å². The molecule has 3 unspecified atom stereocenters. The molecule has 1 aliphatic carbocycles. The lowest BCUT2D eigenvalue weighted by Crippen LogP contribution is -2.30. The summed E-state index contributed by atoms with van der Waals surface area (Å²) in [5, 5.41) is 6.55. The van der Waals surface area contributed by atoms with Gasteiger partial charge in [0.25, 0.3) is 5.91 Å². The minimum atomic E-state index is -0.0834. The molecule has 1 fully saturated rings. The van der Waals surface area contributed by atoms with Crippen molar-refractivity contribution in [2.24, 2.45) is 5.92 Å². The molecule has 0 bridgehead atoms. The van der Waals surface area contributed by atoms with Crippen molar-refractivity contribution in [2.75, 3.05) is 11.9 Å². The zero-order valence-corrected chi connectivity index (χ0v) is 12.1. The maximum absolute atomic E-state index is 11.4. The van der Waals surface area contributed by atoms with E-state index in [2.05, 4.69) is 30.5 Å². The van der Waals surface area contributed by atoms with E-state index >= 15 is 0 Å². The average Bonchev–Trinajstić information content (AvgIpc) is 2.83. The highest BCUT2D eigenvalue weighted by Crippen LogP contribution is 2.32. The second-order valence-electron chi connectivity index (χ2n) is 6.10. The Balaban J connectivity index is 1.70. The standard InChI is InChI=1S/C16H22N2O2/c1-10-3-5-13(7-10)17-11(2)12-4-6-15-14(8-12)18-16(19)9-20-15/h4,6,8,10-11,13,17H,3,5,7,9H2,1-2H3,(H,18,19). The summed E-state index contributed by atoms with van der Waals surface area (Å²) in [6, 6.07) is 6.94. The van der Waals surface area contributed by atoms with E-state index in [0.29, 0.717) is 6.04 Å². The monoisotopic (exact) mass is 274 g/mol. The zero-order valence-electron chi connectivity index (χ0n) is 12.1. The number of ether oxygens (including phenoxy) is 1. The van der Waals surface area contributed by atoms with Gasteiger partial charge in [0.1, 0.15) is 5.75 Å². The Hall–Kier alpha value is -1.55. The molecule has 1 aliphatic heterocycles. The normalized spacial score (nSPS) is 26.6. The van der Waals surface area contributed by atoms with E-state index in [1.54, 1.807) is 0 Å². The average molecular weight is 274 g/mol. The minimum absolute atomic E-state index is 0.0834. The molecule has 0 radical (unpaired) electrons. The fraction of sp³-hybridized carbons (Fsp3) is 0.562. The number of carbonyl (C=O) groups excluding carboxylic acids is 1. The van der Waals surface area contributed by atoms with Crippen molar-refractivity contribution in [1.82, 2.24) is 5.32 Å². The van der Waals surface area contributed by atoms with Crippen LogP contribution >= 0.6 is 0 Å². The van der Waals surface area contributed by atoms with E-state index in [0.717, 1.165) is 17.4 Å². The maximum atomic E-state index is 11.4. The molecule has 3 rings (SSSR count). The molecule has 0 aromatic heterocycles. The van der Waals surface area contributed by atoms with Crippen LogP contribution in [0.1, 0.15) is 44.7 Å². The largest absolute Gasteiger partial charge is 0.482 e. The SMILES string of the molecule is CC1CCC(NC(C)c2ccc3c(c2)NC(=O)CO3)C1. The smallest absolute Gasteiger partial charge is 0.262 e. The molecule has 1 aromatic carbocycles. The molecule has 2 N–H and O–H groups in total. The first kappa shape index (κ1) is 13.4. The number of fused-ring (bicyclic) bond motifs is 1. The summed E-state index contributed by atoms with van der Waals surface area (Å²) in [6.45, 7) is 4.61. The van der Waals surface area contributed by atoms with Crippen LogP contribution < -0.4 is 15.4 Å². The van der Waals surface area contributed by atoms with Gasteiger partial charge in [-0.2, -0.15) is 0 Å². The van der Waals surface area contributed by atoms with Gasteiger partial charge in [0.15, 0.2) is 6.61 Å². The number of rotatable bonds is 3. The summed E-state index contributed by atoms with van der Waals surface area (Å²) in [7, 11) is 0. The fourth-order valence-corrected chi connectivity index (χ4v) is 3.18. The minimum Gasteiger partial charge on any atom is -0.482 e. The van der Waals surface area contributed by atoms with Crippen LogP contribution in [0.15, 0.2) is 18.2 Å². The lowest BCUT2D eigenvalue weighted by molar-refractivity contribution is -0.118. The quantitative estimate of drug-likeness (QED) is 0.891. The van der Waals surface area contributed by atoms with E-state index in [1.807, 2.05) is 12.1 Å². The van der Waals surface area contributed by atoms with E-state index < -0.39 is 0 Å². The number of hydrogen-bond donors (Lipinski definition) is 2. The number of amides is 1. The second kappa shape index (κ2) is 5.44. The van der Waals surface area contributed by atoms with Crippen molar-refractivity contribution in [3.63, 3.8) is 0 Å². The van der Waals surface area contributed by atoms with Crippen molar-refractivity contribution in [3.8, 4) is 5.75 Å². The van der Waals surface area contributed by atoms with Gasteiger partial charge in [-0.05, 0) is 49.8 Å². The number of benzene rings is 1. The number of anilines is 1. The molecule has 1 saturated carbocycles. The molecule has 20 heavy (non-hydrogen) atoms. The Kier molecular flexibility index (Phi) is 3.66. The van der Waals surface area contributed by atoms with Crippen LogP contribution in [-0.2, 0) is 4.79 Å². The number of nitrogens with one attached hydrogen (secondary N) is 2. The highest BCUT2D eigenvalue weighted by molar-refractivity contribution is 5.95. The lowest BCUT2D eigenvalue weighted by Gasteiger charge is -2.23. The third-order valence-corrected chi connectivity index (χ3v) is 4.32. The molecule has 4 nitrogen and oxygen atoms in total. The van der Waals surface area contributed by atoms with Crippen molar-refractivity contribution < 1.29 is 9.53 Å². The zero-order chi connectivity index (χ0) is 14.1. The second-order valence-corrected chi connectivity index (χ2v) is 6.10. The fourth-order valence-electron chi connectivity index (χ4n) is 3.18. The molecule has 1 aromatic rings. The molecular formula is C16H22N2O2. The highest BCUT2D eigenvalue weighted by atomic mass is 16.5. The summed E-state index contributed by atoms with van der Waals surface area (Å²) in [4.78, 5) is 11.4. The predicted octanol–water partition coefficient (Wildman–Crippen LogP) is 2.86. The molecule has 0 saturated heterocycles. The molecule has 4 heteroatoms. The van der Waals surface area contributed by atoms with Gasteiger partial charge < -0.3 is 15.4 Å². The summed E-state index contributed by atoms with van der Waals surface area (Å²) >= 11 is 0. The van der Waals surface area contributed by atoms with Gasteiger partial charge in [-0.15, -0.1) is 0 Å². The Labute approximate surface area is 119 Å². The maximum Gasteiger partial charge on any atom is 0.262 e. The first-order chi connectivity index (χ1) is 9.61. The van der Waals surface area contributed by atoms with Crippen molar-refractivity contribution in [2.45, 2.75) is 45.2 Å². The summed E-state index contributed by atoms with van der Waals surface area (Å²) < 4.78 is 5.39. The van der Waals surface area contributed by atoms with Crippen LogP contribution in [0.4, 0.5) is 5.69 Å². The Bertz CT molecular complexity index is 515. The Morgan fingerprint density at radius 2 is 2.25 bits per heavy atom. The topological polar surface area (TPSA) is 50.4 Å². The summed E-state index contributed by atoms with van der Waals surface area (Å²) in [5.74, 6) is 1.51. The molecule has 1 heterocycles. The molecule has 0 spiro atoms. The van der Waals surface area contributed by atoms with Crippen molar-refractivity contribution in [3.05, 3.63) is 23.8 Å². The van der Waals surface area contributed by atoms with E-state index in [9.17, 15) is 4.79 Å². The van der Waals surface area contributed by atoms with Gasteiger partial charge in [-0.1, -0.05) is 13.0 Å². The number of carbonyl (C=O) groups is 1. The first-order valence-corrected chi connectivity index (χ1v) is 7.44. The highest BCUT2D eigenvalue weighted by Gasteiger charge is 2.23. The molecule has 1 amide bonds. The molecule has 3 atom stereocenters. The first-order valence-electron chi connectivity index (χ1n) is 7.44. The summed E-state index contributed by atoms with van der Waals surface area (Å²) in [6.07, 6.45) is 3.84. The predicted molar refractivity (Wildman–Crippen MR) is 78.9 cm³/mol. The third-order valence-electron chi connectivity index (χ3n) is 4.32. The van der Waals surface area contributed by atoms with E-state index in [-0.39, 0.29) is 18.6 Å². The van der Waals surface area contributed by atoms with Crippen LogP contribution in [-0.4, -0.2) is 18.6 Å². The van der Waals surface area contributed by atoms with E-state index in [1.165, 1.54) is 24.8 Å². The van der Waals surface area contributed by atoms with Crippen molar-refractivity contribution >= 4 is 11.6 Å². The van der Waals surface area contributed by atoms with Gasteiger partial charge in [0.2, 0.25) is 0 Å². The Morgan fingerprint density at radius 1 is 1.40 bits per heavy atom. The van der Waals surface area contributed by atoms with Gasteiger partial charge in [0.05, 0.1) is 5.69 Å². The number of hydrogen-bond acceptors (Lipinski definition) is 3. The lowest BCUT2D eigenvalue weighted by atomic mass is 10.0. The summed E-state index contributed by atoms with van der Waals surface area (Å²) in [5.41, 5.74) is 1.97. The molecular weight excluding hydrogens is 252 g/mol.